The van der Waals surface area contributed by atoms with E-state index in [1.807, 2.05) is 0 Å². The molecule has 5 heteroatoms. The molecule has 0 spiro atoms. The van der Waals surface area contributed by atoms with E-state index in [4.69, 9.17) is 10.8 Å². The van der Waals surface area contributed by atoms with Crippen LogP contribution in [0.4, 0.5) is 0 Å². The Morgan fingerprint density at radius 2 is 1.93 bits per heavy atom. The second-order valence-electron chi connectivity index (χ2n) is 3.85. The van der Waals surface area contributed by atoms with Crippen LogP contribution in [0.15, 0.2) is 0 Å². The van der Waals surface area contributed by atoms with E-state index in [-0.39, 0.29) is 6.04 Å². The first-order chi connectivity index (χ1) is 6.52. The largest absolute Gasteiger partial charge is 0.390 e. The smallest absolute Gasteiger partial charge is 0.254 e. The highest BCUT2D eigenvalue weighted by Gasteiger charge is 2.28. The van der Waals surface area contributed by atoms with Gasteiger partial charge in [-0.05, 0) is 19.8 Å². The Balaban J connectivity index is 2.45. The molecule has 0 saturated carbocycles. The molecule has 0 aliphatic carbocycles. The van der Waals surface area contributed by atoms with E-state index >= 15 is 0 Å². The van der Waals surface area contributed by atoms with Crippen LogP contribution in [0.5, 0.6) is 0 Å². The Morgan fingerprint density at radius 3 is 2.36 bits per heavy atom. The van der Waals surface area contributed by atoms with Crippen LogP contribution in [0.3, 0.4) is 0 Å². The number of nitrogens with two attached hydrogens (primary N) is 1. The normalized spacial score (nSPS) is 23.3. The number of piperidine rings is 1. The van der Waals surface area contributed by atoms with Crippen LogP contribution in [0.25, 0.3) is 0 Å². The first-order valence-electron chi connectivity index (χ1n) is 4.93. The summed E-state index contributed by atoms with van der Waals surface area (Å²) >= 11 is 0. The first kappa shape index (κ1) is 11.4. The van der Waals surface area contributed by atoms with Crippen LogP contribution in [-0.4, -0.2) is 52.4 Å². The molecular weight excluding hydrogens is 184 g/mol. The lowest BCUT2D eigenvalue weighted by Gasteiger charge is -2.32. The summed E-state index contributed by atoms with van der Waals surface area (Å²) in [6.45, 7) is 2.55. The van der Waals surface area contributed by atoms with E-state index in [1.165, 1.54) is 6.92 Å². The molecule has 2 atom stereocenters. The number of aliphatic hydroxyl groups excluding tert-OH is 2. The third-order valence-corrected chi connectivity index (χ3v) is 2.56. The van der Waals surface area contributed by atoms with E-state index < -0.39 is 18.1 Å². The lowest BCUT2D eigenvalue weighted by Crippen LogP contribution is -2.49. The number of amides is 1. The van der Waals surface area contributed by atoms with Crippen molar-refractivity contribution in [1.82, 2.24) is 4.90 Å². The standard InChI is InChI=1S/C9H18N2O3/c1-6(12)8(13)9(14)11-4-2-7(10)3-5-11/h6-8,12-13H,2-5,10H2,1H3/t6-,8+/m0/s1. The Morgan fingerprint density at radius 1 is 1.43 bits per heavy atom. The Labute approximate surface area is 83.5 Å². The number of hydrogen-bond donors (Lipinski definition) is 3. The zero-order valence-corrected chi connectivity index (χ0v) is 8.39. The highest BCUT2D eigenvalue weighted by molar-refractivity contribution is 5.81. The summed E-state index contributed by atoms with van der Waals surface area (Å²) in [6, 6.07) is 0.155. The SMILES string of the molecule is C[C@H](O)[C@@H](O)C(=O)N1CCC(N)CC1. The van der Waals surface area contributed by atoms with Crippen molar-refractivity contribution in [2.45, 2.75) is 38.0 Å². The number of likely N-dealkylation sites (tertiary alicyclic amines) is 1. The van der Waals surface area contributed by atoms with Gasteiger partial charge in [-0.15, -0.1) is 0 Å². The van der Waals surface area contributed by atoms with Gasteiger partial charge in [0.1, 0.15) is 0 Å². The quantitative estimate of drug-likeness (QED) is 0.518. The van der Waals surface area contributed by atoms with E-state index in [1.54, 1.807) is 4.90 Å². The van der Waals surface area contributed by atoms with Crippen molar-refractivity contribution >= 4 is 5.91 Å². The molecule has 0 aromatic heterocycles. The van der Waals surface area contributed by atoms with Gasteiger partial charge in [-0.3, -0.25) is 4.79 Å². The van der Waals surface area contributed by atoms with E-state index in [0.717, 1.165) is 12.8 Å². The fourth-order valence-corrected chi connectivity index (χ4v) is 1.51. The minimum Gasteiger partial charge on any atom is -0.390 e. The molecule has 0 aromatic rings. The predicted octanol–water partition coefficient (Wildman–Crippen LogP) is -1.32. The zero-order valence-electron chi connectivity index (χ0n) is 8.39. The fourth-order valence-electron chi connectivity index (χ4n) is 1.51. The van der Waals surface area contributed by atoms with Gasteiger partial charge in [0.05, 0.1) is 6.10 Å². The zero-order chi connectivity index (χ0) is 10.7. The molecule has 1 fully saturated rings. The van der Waals surface area contributed by atoms with Gasteiger partial charge < -0.3 is 20.8 Å². The van der Waals surface area contributed by atoms with Gasteiger partial charge in [0, 0.05) is 19.1 Å². The predicted molar refractivity (Wildman–Crippen MR) is 51.5 cm³/mol. The summed E-state index contributed by atoms with van der Waals surface area (Å²) in [5, 5.41) is 18.4. The van der Waals surface area contributed by atoms with Gasteiger partial charge in [0.15, 0.2) is 6.10 Å². The van der Waals surface area contributed by atoms with Crippen LogP contribution in [0.1, 0.15) is 19.8 Å². The third kappa shape index (κ3) is 2.67. The lowest BCUT2D eigenvalue weighted by atomic mass is 10.0. The van der Waals surface area contributed by atoms with Gasteiger partial charge in [-0.2, -0.15) is 0 Å². The van der Waals surface area contributed by atoms with Crippen LogP contribution < -0.4 is 5.73 Å². The summed E-state index contributed by atoms with van der Waals surface area (Å²) in [7, 11) is 0. The van der Waals surface area contributed by atoms with E-state index in [2.05, 4.69) is 0 Å². The Hall–Kier alpha value is -0.650. The summed E-state index contributed by atoms with van der Waals surface area (Å²) in [5.74, 6) is -0.396. The molecule has 0 bridgehead atoms. The Kier molecular flexibility index (Phi) is 3.86. The second kappa shape index (κ2) is 4.72. The van der Waals surface area contributed by atoms with Crippen LogP contribution in [-0.2, 0) is 4.79 Å². The van der Waals surface area contributed by atoms with E-state index in [9.17, 15) is 9.90 Å². The van der Waals surface area contributed by atoms with Gasteiger partial charge in [0.2, 0.25) is 0 Å². The molecule has 1 aliphatic rings. The number of rotatable bonds is 2. The average Bonchev–Trinajstić information content (AvgIpc) is 2.16. The number of aliphatic hydroxyl groups is 2. The maximum atomic E-state index is 11.5. The molecule has 14 heavy (non-hydrogen) atoms. The molecule has 1 rings (SSSR count). The first-order valence-corrected chi connectivity index (χ1v) is 4.93. The van der Waals surface area contributed by atoms with Crippen molar-refractivity contribution in [3.05, 3.63) is 0 Å². The molecule has 1 amide bonds. The molecule has 0 radical (unpaired) electrons. The summed E-state index contributed by atoms with van der Waals surface area (Å²) in [5.41, 5.74) is 5.68. The Bertz CT molecular complexity index is 200. The molecule has 0 aromatic carbocycles. The summed E-state index contributed by atoms with van der Waals surface area (Å²) in [4.78, 5) is 13.1. The van der Waals surface area contributed by atoms with Crippen molar-refractivity contribution in [2.24, 2.45) is 5.73 Å². The average molecular weight is 202 g/mol. The number of carbonyl (C=O) groups excluding carboxylic acids is 1. The van der Waals surface area contributed by atoms with Crippen LogP contribution >= 0.6 is 0 Å². The number of carbonyl (C=O) groups is 1. The molecule has 0 unspecified atom stereocenters. The van der Waals surface area contributed by atoms with Crippen LogP contribution in [0.2, 0.25) is 0 Å². The maximum absolute atomic E-state index is 11.5. The molecule has 1 saturated heterocycles. The molecule has 82 valence electrons. The third-order valence-electron chi connectivity index (χ3n) is 2.56. The van der Waals surface area contributed by atoms with Crippen LogP contribution in [0, 0.1) is 0 Å². The maximum Gasteiger partial charge on any atom is 0.254 e. The fraction of sp³-hybridized carbons (Fsp3) is 0.889. The minimum absolute atomic E-state index is 0.155. The van der Waals surface area contributed by atoms with Crippen molar-refractivity contribution < 1.29 is 15.0 Å². The molecular formula is C9H18N2O3. The highest BCUT2D eigenvalue weighted by Crippen LogP contribution is 2.10. The van der Waals surface area contributed by atoms with Gasteiger partial charge in [-0.25, -0.2) is 0 Å². The second-order valence-corrected chi connectivity index (χ2v) is 3.85. The van der Waals surface area contributed by atoms with Gasteiger partial charge in [0.25, 0.3) is 5.91 Å². The number of nitrogens with zero attached hydrogens (tertiary/aromatic N) is 1. The summed E-state index contributed by atoms with van der Waals surface area (Å²) in [6.07, 6.45) is -0.793. The summed E-state index contributed by atoms with van der Waals surface area (Å²) < 4.78 is 0. The molecule has 1 heterocycles. The lowest BCUT2D eigenvalue weighted by molar-refractivity contribution is -0.146. The van der Waals surface area contributed by atoms with Crippen molar-refractivity contribution in [1.29, 1.82) is 0 Å². The van der Waals surface area contributed by atoms with E-state index in [0.29, 0.717) is 13.1 Å². The topological polar surface area (TPSA) is 86.8 Å². The van der Waals surface area contributed by atoms with Crippen molar-refractivity contribution in [3.63, 3.8) is 0 Å². The van der Waals surface area contributed by atoms with Gasteiger partial charge in [-0.1, -0.05) is 0 Å². The molecule has 4 N–H and O–H groups in total. The van der Waals surface area contributed by atoms with Crippen molar-refractivity contribution in [3.8, 4) is 0 Å². The van der Waals surface area contributed by atoms with Gasteiger partial charge >= 0.3 is 0 Å². The molecule has 1 aliphatic heterocycles. The van der Waals surface area contributed by atoms with Crippen molar-refractivity contribution in [2.75, 3.05) is 13.1 Å². The highest BCUT2D eigenvalue weighted by atomic mass is 16.3. The number of hydrogen-bond acceptors (Lipinski definition) is 4. The minimum atomic E-state index is -1.30. The monoisotopic (exact) mass is 202 g/mol. The molecule has 5 nitrogen and oxygen atoms in total.